The lowest BCUT2D eigenvalue weighted by Gasteiger charge is -2.34. The lowest BCUT2D eigenvalue weighted by molar-refractivity contribution is 0.756. The van der Waals surface area contributed by atoms with E-state index in [0.717, 1.165) is 0 Å². The van der Waals surface area contributed by atoms with E-state index in [1.807, 2.05) is 0 Å². The predicted octanol–water partition coefficient (Wildman–Crippen LogP) is 2.23. The van der Waals surface area contributed by atoms with Crippen molar-refractivity contribution in [2.75, 3.05) is 24.0 Å². The molecule has 8 heavy (non-hydrogen) atoms. The van der Waals surface area contributed by atoms with Crippen molar-refractivity contribution in [3.8, 4) is 0 Å². The summed E-state index contributed by atoms with van der Waals surface area (Å²) in [5.74, 6) is 3.07. The first-order valence-electron chi connectivity index (χ1n) is 3.39. The van der Waals surface area contributed by atoms with E-state index in [0.29, 0.717) is 0 Å². The maximum Gasteiger partial charge on any atom is -0.0233 e. The van der Waals surface area contributed by atoms with Gasteiger partial charge in [0.25, 0.3) is 0 Å². The first-order valence-corrected chi connectivity index (χ1v) is 6.18. The van der Waals surface area contributed by atoms with E-state index < -0.39 is 0 Å². The van der Waals surface area contributed by atoms with E-state index in [-0.39, 0.29) is 10.0 Å². The first-order chi connectivity index (χ1) is 3.71. The van der Waals surface area contributed by atoms with Crippen LogP contribution in [0.3, 0.4) is 0 Å². The fraction of sp³-hybridized carbons (Fsp3) is 1.00. The van der Waals surface area contributed by atoms with Crippen LogP contribution in [0.1, 0.15) is 19.3 Å². The fourth-order valence-electron chi connectivity index (χ4n) is 1.26. The van der Waals surface area contributed by atoms with Crippen LogP contribution in [-0.2, 0) is 0 Å². The number of hydrogen-bond donors (Lipinski definition) is 0. The summed E-state index contributed by atoms with van der Waals surface area (Å²) in [4.78, 5) is 0. The van der Waals surface area contributed by atoms with Crippen molar-refractivity contribution < 1.29 is 0 Å². The molecule has 1 aliphatic heterocycles. The quantitative estimate of drug-likeness (QED) is 0.474. The first kappa shape index (κ1) is 6.47. The van der Waals surface area contributed by atoms with Crippen LogP contribution in [0.25, 0.3) is 0 Å². The van der Waals surface area contributed by atoms with Gasteiger partial charge in [0.2, 0.25) is 0 Å². The van der Waals surface area contributed by atoms with E-state index >= 15 is 0 Å². The minimum absolute atomic E-state index is 0.0828. The Morgan fingerprint density at radius 2 is 1.38 bits per heavy atom. The number of rotatable bonds is 0. The highest BCUT2D eigenvalue weighted by Crippen LogP contribution is 2.44. The highest BCUT2D eigenvalue weighted by atomic mass is 32.3. The summed E-state index contributed by atoms with van der Waals surface area (Å²) in [7, 11) is -0.0828. The molecule has 0 radical (unpaired) electrons. The van der Waals surface area contributed by atoms with Crippen LogP contribution in [-0.4, -0.2) is 24.0 Å². The van der Waals surface area contributed by atoms with Gasteiger partial charge in [-0.3, -0.25) is 0 Å². The zero-order valence-electron chi connectivity index (χ0n) is 5.94. The van der Waals surface area contributed by atoms with Crippen molar-refractivity contribution in [3.63, 3.8) is 0 Å². The van der Waals surface area contributed by atoms with Crippen molar-refractivity contribution in [1.82, 2.24) is 0 Å². The molecule has 0 unspecified atom stereocenters. The lowest BCUT2D eigenvalue weighted by atomic mass is 10.3. The van der Waals surface area contributed by atoms with Gasteiger partial charge in [-0.2, -0.15) is 0 Å². The SMILES string of the molecule is CS1(C)CCCCC1. The fourth-order valence-corrected chi connectivity index (χ4v) is 3.44. The molecule has 50 valence electrons. The van der Waals surface area contributed by atoms with Gasteiger partial charge < -0.3 is 0 Å². The van der Waals surface area contributed by atoms with Crippen LogP contribution in [0.2, 0.25) is 0 Å². The van der Waals surface area contributed by atoms with Crippen molar-refractivity contribution in [1.29, 1.82) is 0 Å². The zero-order chi connectivity index (χ0) is 6.04. The third kappa shape index (κ3) is 1.70. The van der Waals surface area contributed by atoms with Gasteiger partial charge in [-0.05, 0) is 36.9 Å². The van der Waals surface area contributed by atoms with Crippen molar-refractivity contribution in [2.45, 2.75) is 19.3 Å². The molecule has 1 fully saturated rings. The van der Waals surface area contributed by atoms with Crippen LogP contribution in [0.15, 0.2) is 0 Å². The molecule has 1 heteroatoms. The minimum atomic E-state index is -0.0828. The molecule has 0 aliphatic carbocycles. The van der Waals surface area contributed by atoms with E-state index in [9.17, 15) is 0 Å². The van der Waals surface area contributed by atoms with Crippen LogP contribution in [0.4, 0.5) is 0 Å². The molecule has 0 aromatic rings. The van der Waals surface area contributed by atoms with E-state index in [4.69, 9.17) is 0 Å². The molecule has 0 aromatic carbocycles. The molecule has 0 N–H and O–H groups in total. The second-order valence-electron chi connectivity index (χ2n) is 3.24. The smallest absolute Gasteiger partial charge is 0.0233 e. The van der Waals surface area contributed by atoms with Crippen LogP contribution in [0, 0.1) is 0 Å². The third-order valence-corrected chi connectivity index (χ3v) is 4.68. The summed E-state index contributed by atoms with van der Waals surface area (Å²) in [6.45, 7) is 0. The van der Waals surface area contributed by atoms with Gasteiger partial charge in [0.05, 0.1) is 0 Å². The minimum Gasteiger partial charge on any atom is -0.247 e. The van der Waals surface area contributed by atoms with Crippen LogP contribution >= 0.6 is 10.0 Å². The molecule has 1 aliphatic rings. The molecular weight excluding hydrogens is 116 g/mol. The molecule has 0 amide bonds. The Kier molecular flexibility index (Phi) is 1.86. The molecule has 1 saturated heterocycles. The molecule has 1 rings (SSSR count). The zero-order valence-corrected chi connectivity index (χ0v) is 6.76. The third-order valence-electron chi connectivity index (χ3n) is 1.89. The number of hydrogen-bond acceptors (Lipinski definition) is 0. The Labute approximate surface area is 54.0 Å². The van der Waals surface area contributed by atoms with Crippen LogP contribution in [0.5, 0.6) is 0 Å². The largest absolute Gasteiger partial charge is 0.247 e. The molecular formula is C7H16S. The summed E-state index contributed by atoms with van der Waals surface area (Å²) >= 11 is 0. The van der Waals surface area contributed by atoms with Gasteiger partial charge in [0.15, 0.2) is 0 Å². The van der Waals surface area contributed by atoms with E-state index in [1.165, 1.54) is 30.8 Å². The standard InChI is InChI=1S/C7H16S/c1-8(2)6-4-3-5-7-8/h3-7H2,1-2H3. The normalized spacial score (nSPS) is 31.8. The maximum absolute atomic E-state index is 2.46. The van der Waals surface area contributed by atoms with Crippen molar-refractivity contribution in [3.05, 3.63) is 0 Å². The van der Waals surface area contributed by atoms with Crippen molar-refractivity contribution in [2.24, 2.45) is 0 Å². The summed E-state index contributed by atoms with van der Waals surface area (Å²) in [5.41, 5.74) is 0. The highest BCUT2D eigenvalue weighted by Gasteiger charge is 2.14. The lowest BCUT2D eigenvalue weighted by Crippen LogP contribution is -2.11. The molecule has 0 aromatic heterocycles. The Morgan fingerprint density at radius 3 is 1.62 bits per heavy atom. The monoisotopic (exact) mass is 132 g/mol. The van der Waals surface area contributed by atoms with Gasteiger partial charge in [-0.15, -0.1) is 0 Å². The highest BCUT2D eigenvalue weighted by molar-refractivity contribution is 8.32. The van der Waals surface area contributed by atoms with Crippen molar-refractivity contribution >= 4 is 10.0 Å². The van der Waals surface area contributed by atoms with Gasteiger partial charge >= 0.3 is 0 Å². The molecule has 0 nitrogen and oxygen atoms in total. The average molecular weight is 132 g/mol. The Bertz CT molecular complexity index is 68.5. The van der Waals surface area contributed by atoms with E-state index in [2.05, 4.69) is 12.5 Å². The summed E-state index contributed by atoms with van der Waals surface area (Å²) in [6.07, 6.45) is 9.43. The van der Waals surface area contributed by atoms with E-state index in [1.54, 1.807) is 0 Å². The summed E-state index contributed by atoms with van der Waals surface area (Å²) in [6, 6.07) is 0. The predicted molar refractivity (Wildman–Crippen MR) is 43.0 cm³/mol. The molecule has 1 heterocycles. The molecule has 0 bridgehead atoms. The van der Waals surface area contributed by atoms with Gasteiger partial charge in [0, 0.05) is 0 Å². The Hall–Kier alpha value is 0.350. The van der Waals surface area contributed by atoms with Gasteiger partial charge in [-0.1, -0.05) is 6.42 Å². The summed E-state index contributed by atoms with van der Waals surface area (Å²) < 4.78 is 0. The molecule has 0 saturated carbocycles. The molecule has 0 spiro atoms. The van der Waals surface area contributed by atoms with Gasteiger partial charge in [-0.25, -0.2) is 10.0 Å². The Balaban J connectivity index is 2.33. The second-order valence-corrected chi connectivity index (χ2v) is 7.59. The molecule has 0 atom stereocenters. The topological polar surface area (TPSA) is 0 Å². The average Bonchev–Trinajstić information content (AvgIpc) is 1.65. The van der Waals surface area contributed by atoms with Crippen LogP contribution < -0.4 is 0 Å². The second kappa shape index (κ2) is 2.30. The van der Waals surface area contributed by atoms with Gasteiger partial charge in [0.1, 0.15) is 0 Å². The Morgan fingerprint density at radius 1 is 0.875 bits per heavy atom. The summed E-state index contributed by atoms with van der Waals surface area (Å²) in [5, 5.41) is 0. The maximum atomic E-state index is 2.46.